The van der Waals surface area contributed by atoms with Crippen LogP contribution in [-0.4, -0.2) is 33.2 Å². The first kappa shape index (κ1) is 20.3. The number of pyridine rings is 1. The molecule has 1 fully saturated rings. The van der Waals surface area contributed by atoms with Crippen molar-refractivity contribution in [2.45, 2.75) is 39.3 Å². The number of ether oxygens (including phenoxy) is 1. The van der Waals surface area contributed by atoms with Crippen molar-refractivity contribution in [1.82, 2.24) is 14.5 Å². The lowest BCUT2D eigenvalue weighted by Gasteiger charge is -2.15. The number of halogens is 1. The molecule has 0 radical (unpaired) electrons. The molecule has 1 unspecified atom stereocenters. The van der Waals surface area contributed by atoms with Crippen LogP contribution in [0.5, 0.6) is 0 Å². The Bertz CT molecular complexity index is 1260. The van der Waals surface area contributed by atoms with Gasteiger partial charge in [-0.15, -0.1) is 0 Å². The summed E-state index contributed by atoms with van der Waals surface area (Å²) in [4.78, 5) is 44.5. The number of H-pyrrole nitrogens is 1. The number of carbonyl (C=O) groups is 1. The number of hydrogen-bond donors (Lipinski definition) is 2. The van der Waals surface area contributed by atoms with Gasteiger partial charge in [0.1, 0.15) is 5.65 Å². The summed E-state index contributed by atoms with van der Waals surface area (Å²) in [6.07, 6.45) is 1.67. The third-order valence-electron chi connectivity index (χ3n) is 5.26. The van der Waals surface area contributed by atoms with Crippen LogP contribution in [0, 0.1) is 13.8 Å². The molecule has 8 nitrogen and oxygen atoms in total. The molecule has 2 aromatic heterocycles. The number of nitrogens with zero attached hydrogens (tertiary/aromatic N) is 2. The molecule has 0 saturated carbocycles. The Balaban J connectivity index is 1.76. The predicted molar refractivity (Wildman–Crippen MR) is 114 cm³/mol. The molecule has 0 spiro atoms. The SMILES string of the molecule is Cc1ccc(Cl)cc1NC(=O)c1cc2c(=O)[nH]c(=O)n(CC3CCCO3)c2nc1C. The Morgan fingerprint density at radius 1 is 1.33 bits per heavy atom. The molecule has 156 valence electrons. The Labute approximate surface area is 176 Å². The number of benzene rings is 1. The molecule has 1 aromatic carbocycles. The monoisotopic (exact) mass is 428 g/mol. The second kappa shape index (κ2) is 8.04. The maximum absolute atomic E-state index is 12.9. The van der Waals surface area contributed by atoms with Crippen molar-refractivity contribution in [2.75, 3.05) is 11.9 Å². The van der Waals surface area contributed by atoms with Crippen molar-refractivity contribution in [3.05, 3.63) is 66.9 Å². The summed E-state index contributed by atoms with van der Waals surface area (Å²) in [5, 5.41) is 3.48. The van der Waals surface area contributed by atoms with Gasteiger partial charge in [-0.05, 0) is 50.5 Å². The second-order valence-corrected chi connectivity index (χ2v) is 7.85. The molecule has 3 heterocycles. The van der Waals surface area contributed by atoms with Gasteiger partial charge in [-0.2, -0.15) is 0 Å². The molecular formula is C21H21ClN4O4. The van der Waals surface area contributed by atoms with E-state index in [-0.39, 0.29) is 22.7 Å². The van der Waals surface area contributed by atoms with Gasteiger partial charge in [-0.25, -0.2) is 9.78 Å². The van der Waals surface area contributed by atoms with E-state index in [1.807, 2.05) is 6.92 Å². The average molecular weight is 429 g/mol. The molecule has 0 bridgehead atoms. The molecule has 0 aliphatic carbocycles. The van der Waals surface area contributed by atoms with E-state index in [9.17, 15) is 14.4 Å². The fraction of sp³-hybridized carbons (Fsp3) is 0.333. The number of nitrogens with one attached hydrogen (secondary N) is 2. The maximum Gasteiger partial charge on any atom is 0.330 e. The van der Waals surface area contributed by atoms with Crippen molar-refractivity contribution < 1.29 is 9.53 Å². The van der Waals surface area contributed by atoms with E-state index < -0.39 is 17.2 Å². The molecule has 30 heavy (non-hydrogen) atoms. The number of anilines is 1. The van der Waals surface area contributed by atoms with Crippen LogP contribution >= 0.6 is 11.6 Å². The summed E-state index contributed by atoms with van der Waals surface area (Å²) in [5.74, 6) is -0.413. The molecule has 3 aromatic rings. The number of hydrogen-bond acceptors (Lipinski definition) is 5. The van der Waals surface area contributed by atoms with Crippen LogP contribution in [0.4, 0.5) is 5.69 Å². The van der Waals surface area contributed by atoms with Gasteiger partial charge in [0.2, 0.25) is 0 Å². The van der Waals surface area contributed by atoms with Crippen molar-refractivity contribution in [3.63, 3.8) is 0 Å². The van der Waals surface area contributed by atoms with E-state index in [1.165, 1.54) is 10.6 Å². The zero-order valence-corrected chi connectivity index (χ0v) is 17.4. The minimum Gasteiger partial charge on any atom is -0.376 e. The first-order valence-corrected chi connectivity index (χ1v) is 10.0. The second-order valence-electron chi connectivity index (χ2n) is 7.41. The summed E-state index contributed by atoms with van der Waals surface area (Å²) in [6, 6.07) is 6.67. The summed E-state index contributed by atoms with van der Waals surface area (Å²) >= 11 is 6.03. The third kappa shape index (κ3) is 3.88. The topological polar surface area (TPSA) is 106 Å². The first-order valence-electron chi connectivity index (χ1n) is 9.67. The molecule has 1 aliphatic heterocycles. The highest BCUT2D eigenvalue weighted by molar-refractivity contribution is 6.31. The summed E-state index contributed by atoms with van der Waals surface area (Å²) < 4.78 is 7.02. The molecule has 1 saturated heterocycles. The number of carbonyl (C=O) groups excluding carboxylic acids is 1. The Kier molecular flexibility index (Phi) is 5.44. The highest BCUT2D eigenvalue weighted by Crippen LogP contribution is 2.22. The van der Waals surface area contributed by atoms with Gasteiger partial charge in [0.25, 0.3) is 11.5 Å². The van der Waals surface area contributed by atoms with Crippen LogP contribution in [-0.2, 0) is 11.3 Å². The summed E-state index contributed by atoms with van der Waals surface area (Å²) in [7, 11) is 0. The van der Waals surface area contributed by atoms with E-state index >= 15 is 0 Å². The van der Waals surface area contributed by atoms with Crippen molar-refractivity contribution >= 4 is 34.2 Å². The Hall–Kier alpha value is -2.97. The van der Waals surface area contributed by atoms with Gasteiger partial charge >= 0.3 is 5.69 Å². The number of rotatable bonds is 4. The number of aromatic nitrogens is 3. The quantitative estimate of drug-likeness (QED) is 0.664. The highest BCUT2D eigenvalue weighted by atomic mass is 35.5. The number of fused-ring (bicyclic) bond motifs is 1. The van der Waals surface area contributed by atoms with E-state index in [0.717, 1.165) is 18.4 Å². The van der Waals surface area contributed by atoms with Crippen molar-refractivity contribution in [3.8, 4) is 0 Å². The predicted octanol–water partition coefficient (Wildman–Crippen LogP) is 2.79. The van der Waals surface area contributed by atoms with Crippen molar-refractivity contribution in [2.24, 2.45) is 0 Å². The normalized spacial score (nSPS) is 16.2. The largest absolute Gasteiger partial charge is 0.376 e. The van der Waals surface area contributed by atoms with Gasteiger partial charge in [-0.3, -0.25) is 19.1 Å². The van der Waals surface area contributed by atoms with Crippen LogP contribution in [0.2, 0.25) is 5.02 Å². The van der Waals surface area contributed by atoms with Gasteiger partial charge in [0.15, 0.2) is 0 Å². The summed E-state index contributed by atoms with van der Waals surface area (Å²) in [5.41, 5.74) is 1.19. The lowest BCUT2D eigenvalue weighted by molar-refractivity contribution is 0.0967. The van der Waals surface area contributed by atoms with Crippen LogP contribution in [0.15, 0.2) is 33.9 Å². The van der Waals surface area contributed by atoms with Crippen LogP contribution in [0.1, 0.15) is 34.5 Å². The standard InChI is InChI=1S/C21H21ClN4O4/c1-11-5-6-13(22)8-17(11)24-19(27)15-9-16-18(23-12(15)2)26(21(29)25-20(16)28)10-14-4-3-7-30-14/h5-6,8-9,14H,3-4,7,10H2,1-2H3,(H,24,27)(H,25,28,29). The highest BCUT2D eigenvalue weighted by Gasteiger charge is 2.21. The fourth-order valence-electron chi connectivity index (χ4n) is 3.60. The number of aromatic amines is 1. The van der Waals surface area contributed by atoms with Gasteiger partial charge in [-0.1, -0.05) is 17.7 Å². The van der Waals surface area contributed by atoms with Gasteiger partial charge in [0.05, 0.1) is 29.3 Å². The molecular weight excluding hydrogens is 408 g/mol. The summed E-state index contributed by atoms with van der Waals surface area (Å²) in [6.45, 7) is 4.47. The smallest absolute Gasteiger partial charge is 0.330 e. The fourth-order valence-corrected chi connectivity index (χ4v) is 3.78. The van der Waals surface area contributed by atoms with E-state index in [1.54, 1.807) is 25.1 Å². The first-order chi connectivity index (χ1) is 14.3. The van der Waals surface area contributed by atoms with Gasteiger partial charge in [0, 0.05) is 17.3 Å². The average Bonchev–Trinajstić information content (AvgIpc) is 3.20. The molecule has 1 aliphatic rings. The number of aryl methyl sites for hydroxylation is 2. The van der Waals surface area contributed by atoms with E-state index in [4.69, 9.17) is 16.3 Å². The maximum atomic E-state index is 12.9. The van der Waals surface area contributed by atoms with E-state index in [2.05, 4.69) is 15.3 Å². The van der Waals surface area contributed by atoms with Gasteiger partial charge < -0.3 is 10.1 Å². The number of amides is 1. The lowest BCUT2D eigenvalue weighted by Crippen LogP contribution is -2.34. The zero-order valence-electron chi connectivity index (χ0n) is 16.6. The Morgan fingerprint density at radius 3 is 2.87 bits per heavy atom. The molecule has 1 amide bonds. The molecule has 1 atom stereocenters. The minimum absolute atomic E-state index is 0.104. The van der Waals surface area contributed by atoms with Crippen LogP contribution < -0.4 is 16.6 Å². The third-order valence-corrected chi connectivity index (χ3v) is 5.50. The molecule has 4 rings (SSSR count). The van der Waals surface area contributed by atoms with Crippen molar-refractivity contribution in [1.29, 1.82) is 0 Å². The molecule has 9 heteroatoms. The lowest BCUT2D eigenvalue weighted by atomic mass is 10.1. The van der Waals surface area contributed by atoms with Crippen LogP contribution in [0.25, 0.3) is 11.0 Å². The van der Waals surface area contributed by atoms with E-state index in [0.29, 0.717) is 29.6 Å². The zero-order chi connectivity index (χ0) is 21.4. The Morgan fingerprint density at radius 2 is 2.13 bits per heavy atom. The minimum atomic E-state index is -0.584. The molecule has 2 N–H and O–H groups in total. The van der Waals surface area contributed by atoms with Crippen LogP contribution in [0.3, 0.4) is 0 Å².